The summed E-state index contributed by atoms with van der Waals surface area (Å²) in [7, 11) is -1.63. The first-order valence-electron chi connectivity index (χ1n) is 6.49. The molecule has 0 saturated heterocycles. The van der Waals surface area contributed by atoms with Crippen molar-refractivity contribution < 1.29 is 4.43 Å². The van der Waals surface area contributed by atoms with Gasteiger partial charge in [0.2, 0.25) is 0 Å². The molecule has 1 atom stereocenters. The van der Waals surface area contributed by atoms with Gasteiger partial charge in [-0.3, -0.25) is 0 Å². The van der Waals surface area contributed by atoms with Gasteiger partial charge in [-0.15, -0.1) is 0 Å². The Hall–Kier alpha value is -0.253. The lowest BCUT2D eigenvalue weighted by Gasteiger charge is -2.37. The lowest BCUT2D eigenvalue weighted by molar-refractivity contribution is 0.289. The molecule has 0 spiro atoms. The molecular formula is C15H26OSSi. The largest absolute Gasteiger partial charge is 0.415 e. The summed E-state index contributed by atoms with van der Waals surface area (Å²) < 4.78 is 6.32. The quantitative estimate of drug-likeness (QED) is 0.694. The van der Waals surface area contributed by atoms with Crippen molar-refractivity contribution >= 4 is 20.1 Å². The van der Waals surface area contributed by atoms with Gasteiger partial charge in [-0.05, 0) is 30.0 Å². The van der Waals surface area contributed by atoms with Crippen molar-refractivity contribution in [2.24, 2.45) is 0 Å². The van der Waals surface area contributed by atoms with Gasteiger partial charge in [0.15, 0.2) is 8.32 Å². The molecule has 1 rings (SSSR count). The summed E-state index contributed by atoms with van der Waals surface area (Å²) in [6.45, 7) is 12.3. The fourth-order valence-electron chi connectivity index (χ4n) is 1.47. The number of benzene rings is 1. The SMILES string of the molecule is CSC(CO[Si](C)(C)C(C)(C)C)c1ccccc1. The van der Waals surface area contributed by atoms with Crippen LogP contribution in [0.4, 0.5) is 0 Å². The van der Waals surface area contributed by atoms with E-state index in [2.05, 4.69) is 70.5 Å². The molecular weight excluding hydrogens is 256 g/mol. The first kappa shape index (κ1) is 15.8. The molecule has 0 fully saturated rings. The summed E-state index contributed by atoms with van der Waals surface area (Å²) in [6.07, 6.45) is 2.16. The first-order chi connectivity index (χ1) is 8.28. The van der Waals surface area contributed by atoms with Crippen molar-refractivity contribution in [2.45, 2.75) is 44.2 Å². The topological polar surface area (TPSA) is 9.23 Å². The third-order valence-electron chi connectivity index (χ3n) is 3.86. The van der Waals surface area contributed by atoms with E-state index in [1.54, 1.807) is 0 Å². The van der Waals surface area contributed by atoms with Crippen LogP contribution >= 0.6 is 11.8 Å². The summed E-state index contributed by atoms with van der Waals surface area (Å²) in [5, 5.41) is 0.729. The lowest BCUT2D eigenvalue weighted by atomic mass is 10.2. The average molecular weight is 283 g/mol. The van der Waals surface area contributed by atoms with Gasteiger partial charge in [-0.25, -0.2) is 0 Å². The van der Waals surface area contributed by atoms with Gasteiger partial charge in [0, 0.05) is 6.61 Å². The fraction of sp³-hybridized carbons (Fsp3) is 0.600. The van der Waals surface area contributed by atoms with Gasteiger partial charge in [0.1, 0.15) is 0 Å². The normalized spacial score (nSPS) is 14.6. The Morgan fingerprint density at radius 3 is 2.17 bits per heavy atom. The highest BCUT2D eigenvalue weighted by atomic mass is 32.2. The minimum absolute atomic E-state index is 0.284. The van der Waals surface area contributed by atoms with Crippen LogP contribution < -0.4 is 0 Å². The van der Waals surface area contributed by atoms with E-state index in [-0.39, 0.29) is 5.04 Å². The van der Waals surface area contributed by atoms with E-state index in [0.717, 1.165) is 6.61 Å². The maximum Gasteiger partial charge on any atom is 0.192 e. The van der Waals surface area contributed by atoms with Crippen molar-refractivity contribution in [3.8, 4) is 0 Å². The summed E-state index contributed by atoms with van der Waals surface area (Å²) in [5.41, 5.74) is 1.36. The molecule has 0 aliphatic carbocycles. The molecule has 0 bridgehead atoms. The van der Waals surface area contributed by atoms with Crippen LogP contribution in [0.1, 0.15) is 31.6 Å². The van der Waals surface area contributed by atoms with Crippen LogP contribution in [-0.2, 0) is 4.43 Å². The van der Waals surface area contributed by atoms with Crippen molar-refractivity contribution in [3.63, 3.8) is 0 Å². The van der Waals surface area contributed by atoms with E-state index in [1.165, 1.54) is 5.56 Å². The molecule has 0 aromatic heterocycles. The van der Waals surface area contributed by atoms with Crippen molar-refractivity contribution in [1.82, 2.24) is 0 Å². The maximum absolute atomic E-state index is 6.32. The predicted molar refractivity (Wildman–Crippen MR) is 85.8 cm³/mol. The molecule has 1 unspecified atom stereocenters. The average Bonchev–Trinajstić information content (AvgIpc) is 2.29. The number of thioether (sulfide) groups is 1. The minimum Gasteiger partial charge on any atom is -0.415 e. The van der Waals surface area contributed by atoms with Crippen molar-refractivity contribution in [1.29, 1.82) is 0 Å². The molecule has 0 radical (unpaired) electrons. The van der Waals surface area contributed by atoms with Crippen LogP contribution in [0, 0.1) is 0 Å². The van der Waals surface area contributed by atoms with Crippen LogP contribution in [-0.4, -0.2) is 21.2 Å². The van der Waals surface area contributed by atoms with E-state index in [0.29, 0.717) is 5.25 Å². The smallest absolute Gasteiger partial charge is 0.192 e. The molecule has 0 saturated carbocycles. The Morgan fingerprint density at radius 2 is 1.72 bits per heavy atom. The Balaban J connectivity index is 2.67. The van der Waals surface area contributed by atoms with Crippen LogP contribution in [0.2, 0.25) is 18.1 Å². The summed E-state index contributed by atoms with van der Waals surface area (Å²) in [4.78, 5) is 0. The summed E-state index contributed by atoms with van der Waals surface area (Å²) in [6, 6.07) is 10.7. The molecule has 0 aliphatic heterocycles. The lowest BCUT2D eigenvalue weighted by Crippen LogP contribution is -2.41. The molecule has 18 heavy (non-hydrogen) atoms. The van der Waals surface area contributed by atoms with Crippen LogP contribution in [0.15, 0.2) is 30.3 Å². The third kappa shape index (κ3) is 4.14. The van der Waals surface area contributed by atoms with E-state index in [1.807, 2.05) is 11.8 Å². The van der Waals surface area contributed by atoms with E-state index in [9.17, 15) is 0 Å². The van der Waals surface area contributed by atoms with E-state index >= 15 is 0 Å². The molecule has 0 heterocycles. The van der Waals surface area contributed by atoms with E-state index in [4.69, 9.17) is 4.43 Å². The Bertz CT molecular complexity index is 357. The second-order valence-corrected chi connectivity index (χ2v) is 12.1. The van der Waals surface area contributed by atoms with Gasteiger partial charge in [0.05, 0.1) is 5.25 Å². The van der Waals surface area contributed by atoms with Gasteiger partial charge in [0.25, 0.3) is 0 Å². The Labute approximate surface area is 117 Å². The van der Waals surface area contributed by atoms with Crippen LogP contribution in [0.3, 0.4) is 0 Å². The molecule has 102 valence electrons. The number of hydrogen-bond acceptors (Lipinski definition) is 2. The predicted octanol–water partition coefficient (Wildman–Crippen LogP) is 5.11. The zero-order valence-corrected chi connectivity index (χ0v) is 14.3. The molecule has 0 aliphatic rings. The molecule has 1 nitrogen and oxygen atoms in total. The molecule has 0 amide bonds. The molecule has 0 N–H and O–H groups in total. The molecule has 3 heteroatoms. The standard InChI is InChI=1S/C15H26OSSi/c1-15(2,3)18(5,6)16-12-14(17-4)13-10-8-7-9-11-13/h7-11,14H,12H2,1-6H3. The third-order valence-corrected chi connectivity index (χ3v) is 9.34. The highest BCUT2D eigenvalue weighted by molar-refractivity contribution is 7.98. The summed E-state index contributed by atoms with van der Waals surface area (Å²) >= 11 is 1.87. The summed E-state index contributed by atoms with van der Waals surface area (Å²) in [5.74, 6) is 0. The fourth-order valence-corrected chi connectivity index (χ4v) is 3.24. The second kappa shape index (κ2) is 6.26. The van der Waals surface area contributed by atoms with Crippen molar-refractivity contribution in [2.75, 3.05) is 12.9 Å². The Kier molecular flexibility index (Phi) is 5.50. The zero-order valence-electron chi connectivity index (χ0n) is 12.5. The highest BCUT2D eigenvalue weighted by Gasteiger charge is 2.37. The first-order valence-corrected chi connectivity index (χ1v) is 10.7. The van der Waals surface area contributed by atoms with Crippen LogP contribution in [0.5, 0.6) is 0 Å². The molecule has 1 aromatic rings. The zero-order chi connectivity index (χ0) is 13.8. The minimum atomic E-state index is -1.63. The maximum atomic E-state index is 6.32. The van der Waals surface area contributed by atoms with Crippen LogP contribution in [0.25, 0.3) is 0 Å². The molecule has 1 aromatic carbocycles. The van der Waals surface area contributed by atoms with Gasteiger partial charge < -0.3 is 4.43 Å². The van der Waals surface area contributed by atoms with Gasteiger partial charge in [-0.2, -0.15) is 11.8 Å². The number of rotatable bonds is 5. The van der Waals surface area contributed by atoms with Gasteiger partial charge >= 0.3 is 0 Å². The van der Waals surface area contributed by atoms with Gasteiger partial charge in [-0.1, -0.05) is 51.1 Å². The van der Waals surface area contributed by atoms with Crippen molar-refractivity contribution in [3.05, 3.63) is 35.9 Å². The number of hydrogen-bond donors (Lipinski definition) is 0. The van der Waals surface area contributed by atoms with E-state index < -0.39 is 8.32 Å². The monoisotopic (exact) mass is 282 g/mol. The highest BCUT2D eigenvalue weighted by Crippen LogP contribution is 2.38. The Morgan fingerprint density at radius 1 is 1.17 bits per heavy atom. The second-order valence-electron chi connectivity index (χ2n) is 6.21.